The molecule has 1 atom stereocenters. The Kier molecular flexibility index (Phi) is 13.1. The van der Waals surface area contributed by atoms with Crippen LogP contribution in [0.1, 0.15) is 66.4 Å². The maximum Gasteiger partial charge on any atom is 0.407 e. The predicted octanol–water partition coefficient (Wildman–Crippen LogP) is 9.18. The summed E-state index contributed by atoms with van der Waals surface area (Å²) in [5.74, 6) is -2.69. The van der Waals surface area contributed by atoms with Crippen LogP contribution in [0.2, 0.25) is 0 Å². The summed E-state index contributed by atoms with van der Waals surface area (Å²) in [6.07, 6.45) is -1.39. The van der Waals surface area contributed by atoms with E-state index in [9.17, 15) is 24.0 Å². The lowest BCUT2D eigenvalue weighted by molar-refractivity contribution is -0.149. The Morgan fingerprint density at radius 1 is 0.516 bits per heavy atom. The van der Waals surface area contributed by atoms with Gasteiger partial charge in [-0.1, -0.05) is 182 Å². The zero-order chi connectivity index (χ0) is 44.3. The van der Waals surface area contributed by atoms with E-state index in [4.69, 9.17) is 14.2 Å². The molecule has 0 bridgehead atoms. The Labute approximate surface area is 370 Å². The smallest absolute Gasteiger partial charge is 0.407 e. The minimum atomic E-state index is -1.47. The van der Waals surface area contributed by atoms with Crippen molar-refractivity contribution in [3.63, 3.8) is 0 Å². The van der Waals surface area contributed by atoms with Crippen molar-refractivity contribution in [2.24, 2.45) is 0 Å². The molecule has 318 valence electrons. The summed E-state index contributed by atoms with van der Waals surface area (Å²) in [4.78, 5) is 67.4. The van der Waals surface area contributed by atoms with Crippen LogP contribution in [0.3, 0.4) is 0 Å². The fourth-order valence-electron chi connectivity index (χ4n) is 8.12. The van der Waals surface area contributed by atoms with Gasteiger partial charge in [0.1, 0.15) is 24.8 Å². The van der Waals surface area contributed by atoms with Crippen molar-refractivity contribution in [1.82, 2.24) is 10.6 Å². The standard InChI is InChI=1S/C54H44N2O8/c57-49(38-17-5-1-6-18-38)36-63-51(59)39-31-29-37(30-32-39)34-62-52(60)48(55-53(61)64-35-47-45-27-15-13-25-43(45)44-26-14-16-28-46(44)47)33-50(58)56-54(40-19-7-2-8-20-40,41-21-9-3-10-22-41)42-23-11-4-12-24-42/h1-32,47-48H,33-36H2,(H,55,61)(H,56,58)/t48-/m0/s1. The number of amides is 2. The van der Waals surface area contributed by atoms with Crippen LogP contribution in [0, 0.1) is 0 Å². The average molecular weight is 849 g/mol. The van der Waals surface area contributed by atoms with Gasteiger partial charge in [-0.3, -0.25) is 9.59 Å². The van der Waals surface area contributed by atoms with Crippen molar-refractivity contribution in [3.05, 3.63) is 239 Å². The number of carbonyl (C=O) groups excluding carboxylic acids is 5. The summed E-state index contributed by atoms with van der Waals surface area (Å²) in [5, 5.41) is 5.88. The summed E-state index contributed by atoms with van der Waals surface area (Å²) in [6, 6.07) is 57.7. The summed E-state index contributed by atoms with van der Waals surface area (Å²) in [6.45, 7) is -0.674. The molecule has 1 aliphatic rings. The quantitative estimate of drug-likeness (QED) is 0.0425. The molecule has 0 fully saturated rings. The highest BCUT2D eigenvalue weighted by Gasteiger charge is 2.39. The maximum atomic E-state index is 14.5. The second-order valence-corrected chi connectivity index (χ2v) is 15.3. The molecule has 10 nitrogen and oxygen atoms in total. The topological polar surface area (TPSA) is 137 Å². The van der Waals surface area contributed by atoms with Gasteiger partial charge in [-0.2, -0.15) is 0 Å². The number of benzene rings is 7. The molecular formula is C54H44N2O8. The molecule has 2 amide bonds. The molecule has 0 spiro atoms. The van der Waals surface area contributed by atoms with Gasteiger partial charge in [-0.25, -0.2) is 14.4 Å². The molecule has 1 aliphatic carbocycles. The Morgan fingerprint density at radius 2 is 1.00 bits per heavy atom. The third-order valence-electron chi connectivity index (χ3n) is 11.3. The maximum absolute atomic E-state index is 14.5. The zero-order valence-electron chi connectivity index (χ0n) is 34.7. The third-order valence-corrected chi connectivity index (χ3v) is 11.3. The number of fused-ring (bicyclic) bond motifs is 3. The number of esters is 2. The zero-order valence-corrected chi connectivity index (χ0v) is 34.7. The molecule has 7 aromatic carbocycles. The van der Waals surface area contributed by atoms with E-state index in [-0.39, 0.29) is 30.5 Å². The number of ether oxygens (including phenoxy) is 3. The Morgan fingerprint density at radius 3 is 1.53 bits per heavy atom. The molecule has 0 aliphatic heterocycles. The first kappa shape index (κ1) is 42.6. The van der Waals surface area contributed by atoms with E-state index in [1.165, 1.54) is 12.1 Å². The normalized spacial score (nSPS) is 12.2. The Balaban J connectivity index is 1.000. The van der Waals surface area contributed by atoms with Gasteiger partial charge in [0, 0.05) is 11.5 Å². The van der Waals surface area contributed by atoms with Crippen LogP contribution >= 0.6 is 0 Å². The van der Waals surface area contributed by atoms with Crippen molar-refractivity contribution in [2.45, 2.75) is 30.5 Å². The van der Waals surface area contributed by atoms with Gasteiger partial charge >= 0.3 is 18.0 Å². The molecule has 2 N–H and O–H groups in total. The lowest BCUT2D eigenvalue weighted by atomic mass is 9.77. The van der Waals surface area contributed by atoms with E-state index in [0.29, 0.717) is 11.1 Å². The first-order valence-electron chi connectivity index (χ1n) is 20.9. The van der Waals surface area contributed by atoms with Gasteiger partial charge in [-0.05, 0) is 56.6 Å². The highest BCUT2D eigenvalue weighted by atomic mass is 16.6. The van der Waals surface area contributed by atoms with Crippen molar-refractivity contribution < 1.29 is 38.2 Å². The van der Waals surface area contributed by atoms with Gasteiger partial charge in [0.15, 0.2) is 12.4 Å². The van der Waals surface area contributed by atoms with Crippen molar-refractivity contribution in [3.8, 4) is 11.1 Å². The highest BCUT2D eigenvalue weighted by molar-refractivity contribution is 5.99. The SMILES string of the molecule is O=C(C[C@H](NC(=O)OCC1c2ccccc2-c2ccccc21)C(=O)OCc1ccc(C(=O)OCC(=O)c2ccccc2)cc1)NC(c1ccccc1)(c1ccccc1)c1ccccc1. The summed E-state index contributed by atoms with van der Waals surface area (Å²) in [7, 11) is 0. The van der Waals surface area contributed by atoms with Gasteiger partial charge in [0.2, 0.25) is 5.91 Å². The van der Waals surface area contributed by atoms with Crippen LogP contribution in [0.15, 0.2) is 194 Å². The number of rotatable bonds is 16. The molecule has 0 saturated carbocycles. The van der Waals surface area contributed by atoms with E-state index in [2.05, 4.69) is 10.6 Å². The van der Waals surface area contributed by atoms with E-state index in [1.807, 2.05) is 140 Å². The van der Waals surface area contributed by atoms with Crippen LogP contribution < -0.4 is 10.6 Å². The molecule has 0 radical (unpaired) electrons. The molecule has 0 saturated heterocycles. The lowest BCUT2D eigenvalue weighted by Gasteiger charge is -2.37. The molecule has 64 heavy (non-hydrogen) atoms. The second kappa shape index (κ2) is 19.7. The fraction of sp³-hybridized carbons (Fsp3) is 0.130. The minimum Gasteiger partial charge on any atom is -0.459 e. The molecular weight excluding hydrogens is 805 g/mol. The molecule has 0 aromatic heterocycles. The Bertz CT molecular complexity index is 2600. The number of hydrogen-bond acceptors (Lipinski definition) is 8. The molecule has 7 aromatic rings. The van der Waals surface area contributed by atoms with E-state index in [1.54, 1.807) is 42.5 Å². The van der Waals surface area contributed by atoms with E-state index >= 15 is 0 Å². The van der Waals surface area contributed by atoms with E-state index in [0.717, 1.165) is 38.9 Å². The van der Waals surface area contributed by atoms with Gasteiger partial charge in [0.25, 0.3) is 0 Å². The summed E-state index contributed by atoms with van der Waals surface area (Å²) < 4.78 is 16.8. The number of ketones is 1. The fourth-order valence-corrected chi connectivity index (χ4v) is 8.12. The summed E-state index contributed by atoms with van der Waals surface area (Å²) >= 11 is 0. The minimum absolute atomic E-state index is 0.0118. The third kappa shape index (κ3) is 9.51. The molecule has 10 heteroatoms. The monoisotopic (exact) mass is 848 g/mol. The van der Waals surface area contributed by atoms with Crippen molar-refractivity contribution >= 4 is 29.7 Å². The molecule has 0 heterocycles. The van der Waals surface area contributed by atoms with Crippen LogP contribution in [0.25, 0.3) is 11.1 Å². The number of hydrogen-bond donors (Lipinski definition) is 2. The molecule has 0 unspecified atom stereocenters. The lowest BCUT2D eigenvalue weighted by Crippen LogP contribution is -2.51. The highest BCUT2D eigenvalue weighted by Crippen LogP contribution is 2.44. The van der Waals surface area contributed by atoms with Crippen LogP contribution in [0.4, 0.5) is 4.79 Å². The van der Waals surface area contributed by atoms with Crippen molar-refractivity contribution in [2.75, 3.05) is 13.2 Å². The van der Waals surface area contributed by atoms with Crippen LogP contribution in [0.5, 0.6) is 0 Å². The number of alkyl carbamates (subject to hydrolysis) is 1. The van der Waals surface area contributed by atoms with Gasteiger partial charge < -0.3 is 24.8 Å². The average Bonchev–Trinajstić information content (AvgIpc) is 3.67. The van der Waals surface area contributed by atoms with E-state index < -0.39 is 48.5 Å². The summed E-state index contributed by atoms with van der Waals surface area (Å²) in [5.41, 5.74) is 6.46. The largest absolute Gasteiger partial charge is 0.459 e. The Hall–Kier alpha value is -8.11. The second-order valence-electron chi connectivity index (χ2n) is 15.3. The number of carbonyl (C=O) groups is 5. The van der Waals surface area contributed by atoms with Crippen LogP contribution in [-0.2, 0) is 35.9 Å². The first-order valence-corrected chi connectivity index (χ1v) is 20.9. The van der Waals surface area contributed by atoms with Crippen LogP contribution in [-0.4, -0.2) is 49.0 Å². The van der Waals surface area contributed by atoms with Gasteiger partial charge in [-0.15, -0.1) is 0 Å². The molecule has 8 rings (SSSR count). The van der Waals surface area contributed by atoms with Gasteiger partial charge in [0.05, 0.1) is 12.0 Å². The first-order chi connectivity index (χ1) is 31.3. The van der Waals surface area contributed by atoms with Crippen molar-refractivity contribution in [1.29, 1.82) is 0 Å². The predicted molar refractivity (Wildman–Crippen MR) is 241 cm³/mol. The number of Topliss-reactive ketones (excluding diaryl/α,β-unsaturated/α-hetero) is 1. The number of nitrogens with one attached hydrogen (secondary N) is 2.